The Balaban J connectivity index is 2.28. The Hall–Kier alpha value is -1.53. The van der Waals surface area contributed by atoms with E-state index in [4.69, 9.17) is 22.7 Å². The van der Waals surface area contributed by atoms with Crippen molar-refractivity contribution in [2.24, 2.45) is 5.73 Å². The van der Waals surface area contributed by atoms with Gasteiger partial charge in [-0.05, 0) is 18.2 Å². The van der Waals surface area contributed by atoms with E-state index in [0.29, 0.717) is 21.7 Å². The average molecular weight is 327 g/mol. The van der Waals surface area contributed by atoms with Crippen LogP contribution in [0.3, 0.4) is 0 Å². The lowest BCUT2D eigenvalue weighted by Crippen LogP contribution is -2.09. The quantitative estimate of drug-likeness (QED) is 0.878. The summed E-state index contributed by atoms with van der Waals surface area (Å²) in [5.41, 5.74) is 6.15. The van der Waals surface area contributed by atoms with E-state index >= 15 is 0 Å². The Morgan fingerprint density at radius 3 is 2.78 bits per heavy atom. The average Bonchev–Trinajstić information content (AvgIpc) is 2.27. The maximum absolute atomic E-state index is 13.2. The molecule has 0 aliphatic heterocycles. The summed E-state index contributed by atoms with van der Waals surface area (Å²) in [6.45, 7) is 0. The van der Waals surface area contributed by atoms with Crippen LogP contribution in [0.4, 0.5) is 4.39 Å². The lowest BCUT2D eigenvalue weighted by atomic mass is 10.3. The molecule has 0 atom stereocenters. The first-order valence-corrected chi connectivity index (χ1v) is 6.14. The summed E-state index contributed by atoms with van der Waals surface area (Å²) in [7, 11) is 0. The molecular weight excluding hydrogens is 319 g/mol. The molecule has 0 aliphatic carbocycles. The number of rotatable bonds is 3. The third kappa shape index (κ3) is 3.24. The predicted molar refractivity (Wildman–Crippen MR) is 74.3 cm³/mol. The summed E-state index contributed by atoms with van der Waals surface area (Å²) in [5, 5.41) is 0. The molecule has 1 heterocycles. The highest BCUT2D eigenvalue weighted by Crippen LogP contribution is 2.25. The van der Waals surface area contributed by atoms with Crippen LogP contribution in [0, 0.1) is 5.82 Å². The molecule has 3 nitrogen and oxygen atoms in total. The molecule has 0 saturated heterocycles. The summed E-state index contributed by atoms with van der Waals surface area (Å²) >= 11 is 8.04. The number of thiocarbonyl (C=S) groups is 1. The lowest BCUT2D eigenvalue weighted by molar-refractivity contribution is 0.457. The number of ether oxygens (including phenoxy) is 1. The van der Waals surface area contributed by atoms with Crippen molar-refractivity contribution in [1.82, 2.24) is 4.98 Å². The van der Waals surface area contributed by atoms with Crippen molar-refractivity contribution in [2.75, 3.05) is 0 Å². The van der Waals surface area contributed by atoms with Crippen LogP contribution in [0.2, 0.25) is 0 Å². The standard InChI is InChI=1S/C12H8BrFN2OS/c13-8-4-9(14)6-10(5-8)17-11-3-7(12(15)18)1-2-16-11/h1-6H,(H2,15,18). The molecule has 18 heavy (non-hydrogen) atoms. The van der Waals surface area contributed by atoms with Gasteiger partial charge in [-0.25, -0.2) is 9.37 Å². The van der Waals surface area contributed by atoms with E-state index in [9.17, 15) is 4.39 Å². The van der Waals surface area contributed by atoms with E-state index in [0.717, 1.165) is 0 Å². The fourth-order valence-electron chi connectivity index (χ4n) is 1.33. The molecule has 2 aromatic rings. The zero-order chi connectivity index (χ0) is 13.1. The first-order valence-electron chi connectivity index (χ1n) is 4.94. The van der Waals surface area contributed by atoms with Crippen LogP contribution in [0.25, 0.3) is 0 Å². The van der Waals surface area contributed by atoms with Crippen LogP contribution in [-0.4, -0.2) is 9.97 Å². The molecule has 2 N–H and O–H groups in total. The Kier molecular flexibility index (Phi) is 3.88. The molecule has 0 bridgehead atoms. The molecule has 1 aromatic heterocycles. The molecule has 0 aliphatic rings. The smallest absolute Gasteiger partial charge is 0.219 e. The van der Waals surface area contributed by atoms with Crippen LogP contribution in [0.1, 0.15) is 5.56 Å². The third-order valence-corrected chi connectivity index (χ3v) is 2.77. The molecule has 0 spiro atoms. The maximum atomic E-state index is 13.2. The van der Waals surface area contributed by atoms with Gasteiger partial charge in [-0.2, -0.15) is 0 Å². The van der Waals surface area contributed by atoms with Gasteiger partial charge in [-0.1, -0.05) is 28.1 Å². The summed E-state index contributed by atoms with van der Waals surface area (Å²) < 4.78 is 19.2. The molecule has 92 valence electrons. The van der Waals surface area contributed by atoms with Crippen molar-refractivity contribution >= 4 is 33.1 Å². The van der Waals surface area contributed by atoms with Crippen LogP contribution in [0.5, 0.6) is 11.6 Å². The molecule has 0 saturated carbocycles. The Bertz CT molecular complexity index is 586. The number of pyridine rings is 1. The van der Waals surface area contributed by atoms with Gasteiger partial charge in [0.15, 0.2) is 0 Å². The van der Waals surface area contributed by atoms with Gasteiger partial charge >= 0.3 is 0 Å². The summed E-state index contributed by atoms with van der Waals surface area (Å²) in [4.78, 5) is 4.25. The Labute approximate surface area is 117 Å². The summed E-state index contributed by atoms with van der Waals surface area (Å²) in [5.74, 6) is 0.247. The molecule has 0 amide bonds. The first kappa shape index (κ1) is 12.9. The van der Waals surface area contributed by atoms with Crippen molar-refractivity contribution in [1.29, 1.82) is 0 Å². The van der Waals surface area contributed by atoms with Gasteiger partial charge in [-0.3, -0.25) is 0 Å². The number of benzene rings is 1. The minimum Gasteiger partial charge on any atom is -0.439 e. The number of halogens is 2. The van der Waals surface area contributed by atoms with Gasteiger partial charge in [0.2, 0.25) is 5.88 Å². The number of hydrogen-bond donors (Lipinski definition) is 1. The number of nitrogens with two attached hydrogens (primary N) is 1. The first-order chi connectivity index (χ1) is 8.54. The van der Waals surface area contributed by atoms with E-state index in [1.54, 1.807) is 18.2 Å². The fourth-order valence-corrected chi connectivity index (χ4v) is 1.90. The molecule has 0 radical (unpaired) electrons. The van der Waals surface area contributed by atoms with Gasteiger partial charge in [-0.15, -0.1) is 0 Å². The van der Waals surface area contributed by atoms with E-state index < -0.39 is 5.82 Å². The van der Waals surface area contributed by atoms with Gasteiger partial charge < -0.3 is 10.5 Å². The molecule has 0 fully saturated rings. The minimum absolute atomic E-state index is 0.252. The second-order valence-electron chi connectivity index (χ2n) is 3.45. The predicted octanol–water partition coefficient (Wildman–Crippen LogP) is 3.41. The highest BCUT2D eigenvalue weighted by Gasteiger charge is 2.04. The Morgan fingerprint density at radius 2 is 2.11 bits per heavy atom. The zero-order valence-electron chi connectivity index (χ0n) is 9.06. The topological polar surface area (TPSA) is 48.1 Å². The molecule has 1 aromatic carbocycles. The van der Waals surface area contributed by atoms with Crippen LogP contribution in [-0.2, 0) is 0 Å². The lowest BCUT2D eigenvalue weighted by Gasteiger charge is -2.06. The highest BCUT2D eigenvalue weighted by molar-refractivity contribution is 9.10. The van der Waals surface area contributed by atoms with E-state index in [1.807, 2.05) is 0 Å². The zero-order valence-corrected chi connectivity index (χ0v) is 11.5. The molecular formula is C12H8BrFN2OS. The third-order valence-electron chi connectivity index (χ3n) is 2.08. The molecule has 6 heteroatoms. The van der Waals surface area contributed by atoms with Crippen molar-refractivity contribution in [3.05, 3.63) is 52.4 Å². The maximum Gasteiger partial charge on any atom is 0.219 e. The van der Waals surface area contributed by atoms with Crippen LogP contribution >= 0.6 is 28.1 Å². The largest absolute Gasteiger partial charge is 0.439 e. The van der Waals surface area contributed by atoms with Crippen LogP contribution in [0.15, 0.2) is 41.0 Å². The Morgan fingerprint density at radius 1 is 1.33 bits per heavy atom. The summed E-state index contributed by atoms with van der Waals surface area (Å²) in [6, 6.07) is 7.52. The van der Waals surface area contributed by atoms with Crippen molar-refractivity contribution in [3.63, 3.8) is 0 Å². The molecule has 2 rings (SSSR count). The minimum atomic E-state index is -0.398. The second kappa shape index (κ2) is 5.41. The van der Waals surface area contributed by atoms with Crippen LogP contribution < -0.4 is 10.5 Å². The van der Waals surface area contributed by atoms with E-state index in [2.05, 4.69) is 20.9 Å². The van der Waals surface area contributed by atoms with Gasteiger partial charge in [0, 0.05) is 28.4 Å². The van der Waals surface area contributed by atoms with Gasteiger partial charge in [0.1, 0.15) is 16.6 Å². The normalized spacial score (nSPS) is 10.1. The second-order valence-corrected chi connectivity index (χ2v) is 4.81. The van der Waals surface area contributed by atoms with Gasteiger partial charge in [0.05, 0.1) is 0 Å². The number of aromatic nitrogens is 1. The van der Waals surface area contributed by atoms with Crippen molar-refractivity contribution in [3.8, 4) is 11.6 Å². The molecule has 0 unspecified atom stereocenters. The van der Waals surface area contributed by atoms with E-state index in [-0.39, 0.29) is 4.99 Å². The van der Waals surface area contributed by atoms with Gasteiger partial charge in [0.25, 0.3) is 0 Å². The van der Waals surface area contributed by atoms with E-state index in [1.165, 1.54) is 18.3 Å². The van der Waals surface area contributed by atoms with Crippen molar-refractivity contribution in [2.45, 2.75) is 0 Å². The fraction of sp³-hybridized carbons (Fsp3) is 0. The SMILES string of the molecule is NC(=S)c1ccnc(Oc2cc(F)cc(Br)c2)c1. The number of nitrogens with zero attached hydrogens (tertiary/aromatic N) is 1. The summed E-state index contributed by atoms with van der Waals surface area (Å²) in [6.07, 6.45) is 1.53. The highest BCUT2D eigenvalue weighted by atomic mass is 79.9. The number of hydrogen-bond acceptors (Lipinski definition) is 3. The monoisotopic (exact) mass is 326 g/mol. The van der Waals surface area contributed by atoms with Crippen molar-refractivity contribution < 1.29 is 9.13 Å².